The average molecular weight is 344 g/mol. The van der Waals surface area contributed by atoms with Crippen molar-refractivity contribution in [2.75, 3.05) is 18.5 Å². The topological polar surface area (TPSA) is 87.7 Å². The summed E-state index contributed by atoms with van der Waals surface area (Å²) in [5.74, 6) is -1.33. The second-order valence-corrected chi connectivity index (χ2v) is 7.20. The van der Waals surface area contributed by atoms with Crippen molar-refractivity contribution < 1.29 is 19.4 Å². The molecule has 3 aliphatic rings. The molecule has 1 aromatic rings. The molecule has 4 rings (SSSR count). The van der Waals surface area contributed by atoms with E-state index >= 15 is 0 Å². The molecule has 1 fully saturated rings. The molecule has 1 aliphatic heterocycles. The zero-order chi connectivity index (χ0) is 17.4. The Hall–Kier alpha value is -1.92. The number of carbonyl (C=O) groups is 2. The van der Waals surface area contributed by atoms with Crippen molar-refractivity contribution in [1.82, 2.24) is 5.32 Å². The van der Waals surface area contributed by atoms with E-state index < -0.39 is 24.0 Å². The van der Waals surface area contributed by atoms with Crippen molar-refractivity contribution >= 4 is 17.5 Å². The normalized spacial score (nSPS) is 24.5. The molecule has 6 nitrogen and oxygen atoms in total. The summed E-state index contributed by atoms with van der Waals surface area (Å²) in [5, 5.41) is 15.4. The minimum atomic E-state index is -0.768. The highest BCUT2D eigenvalue weighted by Crippen LogP contribution is 2.38. The van der Waals surface area contributed by atoms with Gasteiger partial charge in [-0.15, -0.1) is 0 Å². The van der Waals surface area contributed by atoms with Gasteiger partial charge in [0.05, 0.1) is 18.8 Å². The van der Waals surface area contributed by atoms with Crippen LogP contribution >= 0.6 is 0 Å². The molecule has 0 spiro atoms. The van der Waals surface area contributed by atoms with Crippen molar-refractivity contribution in [3.8, 4) is 0 Å². The summed E-state index contributed by atoms with van der Waals surface area (Å²) in [6, 6.07) is 1.86. The molecular weight excluding hydrogens is 320 g/mol. The number of benzene rings is 1. The molecule has 2 aliphatic carbocycles. The summed E-state index contributed by atoms with van der Waals surface area (Å²) >= 11 is 0. The molecule has 1 heterocycles. The molecule has 3 N–H and O–H groups in total. The zero-order valence-corrected chi connectivity index (χ0v) is 14.3. The van der Waals surface area contributed by atoms with E-state index in [9.17, 15) is 14.7 Å². The number of carbonyl (C=O) groups excluding carboxylic acids is 2. The van der Waals surface area contributed by atoms with Gasteiger partial charge in [0.2, 0.25) is 0 Å². The third-order valence-electron chi connectivity index (χ3n) is 5.56. The summed E-state index contributed by atoms with van der Waals surface area (Å²) in [6.45, 7) is 0.662. The van der Waals surface area contributed by atoms with E-state index in [4.69, 9.17) is 4.74 Å². The minimum Gasteiger partial charge on any atom is -0.389 e. The first-order chi connectivity index (χ1) is 12.1. The van der Waals surface area contributed by atoms with Crippen molar-refractivity contribution in [3.63, 3.8) is 0 Å². The van der Waals surface area contributed by atoms with E-state index in [1.54, 1.807) is 0 Å². The number of hydrogen-bond acceptors (Lipinski definition) is 4. The third-order valence-corrected chi connectivity index (χ3v) is 5.56. The van der Waals surface area contributed by atoms with Crippen LogP contribution < -0.4 is 10.6 Å². The van der Waals surface area contributed by atoms with Crippen LogP contribution in [0.1, 0.15) is 41.5 Å². The Kier molecular flexibility index (Phi) is 4.48. The van der Waals surface area contributed by atoms with E-state index in [1.165, 1.54) is 22.3 Å². The van der Waals surface area contributed by atoms with Gasteiger partial charge >= 0.3 is 11.8 Å². The van der Waals surface area contributed by atoms with Crippen LogP contribution in [0.15, 0.2) is 6.07 Å². The van der Waals surface area contributed by atoms with Crippen LogP contribution in [0.2, 0.25) is 0 Å². The fourth-order valence-corrected chi connectivity index (χ4v) is 4.26. The number of rotatable bonds is 2. The second kappa shape index (κ2) is 6.77. The average Bonchev–Trinajstić information content (AvgIpc) is 3.25. The molecule has 6 heteroatoms. The van der Waals surface area contributed by atoms with E-state index in [-0.39, 0.29) is 6.61 Å². The fourth-order valence-electron chi connectivity index (χ4n) is 4.26. The van der Waals surface area contributed by atoms with Gasteiger partial charge in [-0.2, -0.15) is 0 Å². The summed E-state index contributed by atoms with van der Waals surface area (Å²) in [6.07, 6.45) is 5.95. The summed E-state index contributed by atoms with van der Waals surface area (Å²) in [7, 11) is 0. The number of fused-ring (bicyclic) bond motifs is 2. The first-order valence-corrected chi connectivity index (χ1v) is 9.17. The number of aryl methyl sites for hydroxylation is 2. The lowest BCUT2D eigenvalue weighted by atomic mass is 9.98. The Morgan fingerprint density at radius 2 is 1.72 bits per heavy atom. The second-order valence-electron chi connectivity index (χ2n) is 7.20. The molecule has 1 aromatic carbocycles. The fraction of sp³-hybridized carbons (Fsp3) is 0.579. The minimum absolute atomic E-state index is 0.187. The van der Waals surface area contributed by atoms with E-state index in [0.717, 1.165) is 44.2 Å². The van der Waals surface area contributed by atoms with Gasteiger partial charge in [0.25, 0.3) is 0 Å². The van der Waals surface area contributed by atoms with Crippen LogP contribution in [0.4, 0.5) is 5.69 Å². The van der Waals surface area contributed by atoms with Gasteiger partial charge in [0.15, 0.2) is 0 Å². The Bertz CT molecular complexity index is 684. The van der Waals surface area contributed by atoms with Crippen molar-refractivity contribution in [1.29, 1.82) is 0 Å². The number of aliphatic hydroxyl groups excluding tert-OH is 1. The summed E-state index contributed by atoms with van der Waals surface area (Å²) in [4.78, 5) is 24.7. The molecular formula is C19H24N2O4. The molecule has 0 saturated carbocycles. The van der Waals surface area contributed by atoms with Crippen LogP contribution in [-0.4, -0.2) is 42.3 Å². The maximum atomic E-state index is 12.5. The SMILES string of the molecule is O=C(Nc1c2c(cc3c1CCC3)CCC2)C(=O)N[C@@H]1CCOC[C@H]1O. The first kappa shape index (κ1) is 16.5. The van der Waals surface area contributed by atoms with Gasteiger partial charge in [-0.25, -0.2) is 0 Å². The molecule has 25 heavy (non-hydrogen) atoms. The molecule has 134 valence electrons. The quantitative estimate of drug-likeness (QED) is 0.695. The van der Waals surface area contributed by atoms with Gasteiger partial charge < -0.3 is 20.5 Å². The summed E-state index contributed by atoms with van der Waals surface area (Å²) in [5.41, 5.74) is 5.91. The van der Waals surface area contributed by atoms with Gasteiger partial charge in [0, 0.05) is 12.3 Å². The van der Waals surface area contributed by atoms with Gasteiger partial charge in [0.1, 0.15) is 0 Å². The maximum Gasteiger partial charge on any atom is 0.313 e. The number of aliphatic hydroxyl groups is 1. The molecule has 0 aromatic heterocycles. The lowest BCUT2D eigenvalue weighted by Gasteiger charge is -2.28. The van der Waals surface area contributed by atoms with Crippen molar-refractivity contribution in [3.05, 3.63) is 28.3 Å². The maximum absolute atomic E-state index is 12.5. The smallest absolute Gasteiger partial charge is 0.313 e. The highest BCUT2D eigenvalue weighted by molar-refractivity contribution is 6.39. The molecule has 2 atom stereocenters. The summed E-state index contributed by atoms with van der Waals surface area (Å²) < 4.78 is 5.15. The number of nitrogens with one attached hydrogen (secondary N) is 2. The first-order valence-electron chi connectivity index (χ1n) is 9.17. The monoisotopic (exact) mass is 344 g/mol. The number of anilines is 1. The van der Waals surface area contributed by atoms with Gasteiger partial charge in [-0.1, -0.05) is 6.07 Å². The molecule has 2 amide bonds. The van der Waals surface area contributed by atoms with Crippen LogP contribution in [-0.2, 0) is 40.0 Å². The van der Waals surface area contributed by atoms with Crippen LogP contribution in [0.5, 0.6) is 0 Å². The van der Waals surface area contributed by atoms with Crippen LogP contribution in [0, 0.1) is 0 Å². The molecule has 1 saturated heterocycles. The Morgan fingerprint density at radius 1 is 1.04 bits per heavy atom. The van der Waals surface area contributed by atoms with Crippen LogP contribution in [0.3, 0.4) is 0 Å². The molecule has 0 bridgehead atoms. The Labute approximate surface area is 146 Å². The predicted octanol–water partition coefficient (Wildman–Crippen LogP) is 0.868. The van der Waals surface area contributed by atoms with Gasteiger partial charge in [-0.3, -0.25) is 9.59 Å². The number of amides is 2. The highest BCUT2D eigenvalue weighted by Gasteiger charge is 2.29. The standard InChI is InChI=1S/C19H24N2O4/c22-16-10-25-8-7-15(16)20-18(23)19(24)21-17-13-5-1-3-11(13)9-12-4-2-6-14(12)17/h9,15-16,22H,1-8,10H2,(H,20,23)(H,21,24)/t15-,16-/m1/s1. The van der Waals surface area contributed by atoms with Crippen LogP contribution in [0.25, 0.3) is 0 Å². The lowest BCUT2D eigenvalue weighted by Crippen LogP contribution is -2.51. The number of hydrogen-bond donors (Lipinski definition) is 3. The lowest BCUT2D eigenvalue weighted by molar-refractivity contribution is -0.138. The third kappa shape index (κ3) is 3.16. The van der Waals surface area contributed by atoms with E-state index in [2.05, 4.69) is 16.7 Å². The number of ether oxygens (including phenoxy) is 1. The van der Waals surface area contributed by atoms with E-state index in [1.807, 2.05) is 0 Å². The van der Waals surface area contributed by atoms with E-state index in [0.29, 0.717) is 13.0 Å². The Morgan fingerprint density at radius 3 is 2.36 bits per heavy atom. The zero-order valence-electron chi connectivity index (χ0n) is 14.3. The Balaban J connectivity index is 1.50. The van der Waals surface area contributed by atoms with Crippen molar-refractivity contribution in [2.24, 2.45) is 0 Å². The molecule has 0 radical (unpaired) electrons. The van der Waals surface area contributed by atoms with Crippen molar-refractivity contribution in [2.45, 2.75) is 57.1 Å². The molecule has 0 unspecified atom stereocenters. The van der Waals surface area contributed by atoms with Gasteiger partial charge in [-0.05, 0) is 67.2 Å². The highest BCUT2D eigenvalue weighted by atomic mass is 16.5. The predicted molar refractivity (Wildman–Crippen MR) is 92.5 cm³/mol. The largest absolute Gasteiger partial charge is 0.389 e.